The Hall–Kier alpha value is -5.58. The maximum atomic E-state index is 14.0. The van der Waals surface area contributed by atoms with Crippen molar-refractivity contribution in [3.8, 4) is 11.5 Å². The molecule has 5 heterocycles. The number of fused-ring (bicyclic) bond motifs is 1. The fourth-order valence-corrected chi connectivity index (χ4v) is 11.8. The third kappa shape index (κ3) is 8.66. The Balaban J connectivity index is 0.833. The number of rotatable bonds is 13. The van der Waals surface area contributed by atoms with Crippen LogP contribution < -0.4 is 19.7 Å². The fourth-order valence-electron chi connectivity index (χ4n) is 10.9. The second-order valence-electron chi connectivity index (χ2n) is 19.3. The third-order valence-corrected chi connectivity index (χ3v) is 16.1. The topological polar surface area (TPSA) is 196 Å². The van der Waals surface area contributed by atoms with Crippen molar-refractivity contribution in [1.29, 1.82) is 0 Å². The van der Waals surface area contributed by atoms with E-state index in [4.69, 9.17) is 4.74 Å². The van der Waals surface area contributed by atoms with Crippen molar-refractivity contribution in [1.82, 2.24) is 24.6 Å². The molecule has 3 aliphatic carbocycles. The zero-order valence-electron chi connectivity index (χ0n) is 36.2. The van der Waals surface area contributed by atoms with Crippen molar-refractivity contribution < 1.29 is 28.0 Å². The predicted molar refractivity (Wildman–Crippen MR) is 243 cm³/mol. The molecule has 10 rings (SSSR count). The molecule has 1 spiro atoms. The van der Waals surface area contributed by atoms with Gasteiger partial charge in [0.05, 0.1) is 28.5 Å². The summed E-state index contributed by atoms with van der Waals surface area (Å²) in [6.07, 6.45) is 16.7. The summed E-state index contributed by atoms with van der Waals surface area (Å²) in [5, 5.41) is 26.2. The van der Waals surface area contributed by atoms with Gasteiger partial charge in [0.1, 0.15) is 22.0 Å². The Bertz CT molecular complexity index is 2670. The van der Waals surface area contributed by atoms with Gasteiger partial charge in [0.25, 0.3) is 15.9 Å². The molecule has 5 fully saturated rings. The summed E-state index contributed by atoms with van der Waals surface area (Å²) in [7, 11) is -4.62. The number of amides is 1. The first-order chi connectivity index (χ1) is 30.8. The van der Waals surface area contributed by atoms with E-state index in [9.17, 15) is 28.4 Å². The van der Waals surface area contributed by atoms with Gasteiger partial charge in [0.15, 0.2) is 0 Å². The number of hydrogen-bond acceptors (Lipinski definition) is 12. The van der Waals surface area contributed by atoms with E-state index in [-0.39, 0.29) is 23.0 Å². The molecular weight excluding hydrogens is 833 g/mol. The quantitative estimate of drug-likeness (QED) is 0.0650. The van der Waals surface area contributed by atoms with Crippen LogP contribution in [0.4, 0.5) is 17.2 Å². The van der Waals surface area contributed by atoms with Crippen LogP contribution in [0.5, 0.6) is 11.5 Å². The summed E-state index contributed by atoms with van der Waals surface area (Å²) in [5.74, 6) is 0.381. The lowest BCUT2D eigenvalue weighted by molar-refractivity contribution is -0.384. The van der Waals surface area contributed by atoms with Crippen molar-refractivity contribution in [2.45, 2.75) is 112 Å². The molecule has 5 aromatic rings. The van der Waals surface area contributed by atoms with E-state index >= 15 is 0 Å². The molecule has 1 atom stereocenters. The van der Waals surface area contributed by atoms with E-state index in [2.05, 4.69) is 59.1 Å². The van der Waals surface area contributed by atoms with Gasteiger partial charge in [0.2, 0.25) is 5.82 Å². The minimum Gasteiger partial charge on any atom is -0.455 e. The fraction of sp³-hybridized carbons (Fsp3) is 0.479. The standard InChI is InChI=1S/C48H56N8O7S/c1-47(58)15-12-31(13-16-47)28-50-45-42(56(59)60)25-37(30-52-45)64(61,62)53-46(57)40-11-10-34(24-43(40)63-36-23-33-14-19-49-44(33)51-29-36)54-21-17-48(18-22-54)26-35(27-48)55-20-4-7-41(55)39-6-3-2-5-38(39)32-8-9-32/h2-3,5-6,10-11,14,19,23-25,29-32,35,41,58H,4,7-9,12-13,15-18,20-22,26-28H2,1H3,(H,49,51)(H,50,52)(H,53,57)/t31?,41-,47?/m1/s1. The van der Waals surface area contributed by atoms with Crippen molar-refractivity contribution in [3.63, 3.8) is 0 Å². The average Bonchev–Trinajstić information content (AvgIpc) is 3.82. The molecule has 0 radical (unpaired) electrons. The molecule has 2 aromatic carbocycles. The van der Waals surface area contributed by atoms with Gasteiger partial charge in [-0.1, -0.05) is 24.3 Å². The molecule has 0 bridgehead atoms. The zero-order valence-corrected chi connectivity index (χ0v) is 37.0. The largest absolute Gasteiger partial charge is 0.455 e. The number of sulfonamides is 1. The first-order valence-corrected chi connectivity index (χ1v) is 24.3. The number of carbonyl (C=O) groups is 1. The molecule has 2 saturated heterocycles. The number of nitrogens with zero attached hydrogens (tertiary/aromatic N) is 5. The molecule has 0 unspecified atom stereocenters. The van der Waals surface area contributed by atoms with Crippen LogP contribution in [-0.2, 0) is 10.0 Å². The van der Waals surface area contributed by atoms with Gasteiger partial charge >= 0.3 is 5.69 Å². The van der Waals surface area contributed by atoms with E-state index in [0.717, 1.165) is 68.0 Å². The number of benzene rings is 2. The maximum absolute atomic E-state index is 14.0. The number of aromatic amines is 1. The van der Waals surface area contributed by atoms with E-state index in [1.807, 2.05) is 12.1 Å². The van der Waals surface area contributed by atoms with E-state index < -0.39 is 37.0 Å². The summed E-state index contributed by atoms with van der Waals surface area (Å²) in [6.45, 7) is 5.04. The van der Waals surface area contributed by atoms with Gasteiger partial charge in [-0.3, -0.25) is 19.8 Å². The predicted octanol–water partition coefficient (Wildman–Crippen LogP) is 8.59. The van der Waals surface area contributed by atoms with Crippen LogP contribution in [0.3, 0.4) is 0 Å². The Morgan fingerprint density at radius 2 is 1.72 bits per heavy atom. The summed E-state index contributed by atoms with van der Waals surface area (Å²) in [5.41, 5.74) is 3.67. The van der Waals surface area contributed by atoms with Gasteiger partial charge in [-0.05, 0) is 143 Å². The molecule has 3 aromatic heterocycles. The van der Waals surface area contributed by atoms with Gasteiger partial charge in [-0.25, -0.2) is 23.1 Å². The van der Waals surface area contributed by atoms with E-state index in [1.54, 1.807) is 42.4 Å². The second kappa shape index (κ2) is 16.8. The number of nitro groups is 1. The number of likely N-dealkylation sites (tertiary alicyclic amines) is 1. The van der Waals surface area contributed by atoms with Gasteiger partial charge in [-0.15, -0.1) is 0 Å². The highest BCUT2D eigenvalue weighted by Crippen LogP contribution is 2.55. The first-order valence-electron chi connectivity index (χ1n) is 22.8. The third-order valence-electron chi connectivity index (χ3n) is 14.8. The number of aromatic nitrogens is 3. The number of carbonyl (C=O) groups excluding carboxylic acids is 1. The molecule has 3 saturated carbocycles. The van der Waals surface area contributed by atoms with Crippen molar-refractivity contribution in [3.05, 3.63) is 106 Å². The minimum absolute atomic E-state index is 0.0348. The van der Waals surface area contributed by atoms with Crippen LogP contribution >= 0.6 is 0 Å². The highest BCUT2D eigenvalue weighted by Gasteiger charge is 2.50. The van der Waals surface area contributed by atoms with E-state index in [0.29, 0.717) is 48.3 Å². The SMILES string of the molecule is CC1(O)CCC(CNc2ncc(S(=O)(=O)NC(=O)c3ccc(N4CCC5(CC4)CC(N4CCC[C@@H]4c4ccccc4C4CC4)C5)cc3Oc3cnc4[nH]ccc4c3)cc2[N+](=O)[O-])CC1. The van der Waals surface area contributed by atoms with Gasteiger partial charge in [0, 0.05) is 61.1 Å². The molecular formula is C48H56N8O7S. The Labute approximate surface area is 373 Å². The Kier molecular flexibility index (Phi) is 11.1. The van der Waals surface area contributed by atoms with Gasteiger partial charge < -0.3 is 25.0 Å². The van der Waals surface area contributed by atoms with Crippen LogP contribution in [0, 0.1) is 21.4 Å². The summed E-state index contributed by atoms with van der Waals surface area (Å²) >= 11 is 0. The Morgan fingerprint density at radius 3 is 2.47 bits per heavy atom. The molecule has 4 N–H and O–H groups in total. The number of hydrogen-bond donors (Lipinski definition) is 4. The molecule has 5 aliphatic rings. The number of piperidine rings is 1. The normalized spacial score (nSPS) is 23.8. The van der Waals surface area contributed by atoms with Crippen LogP contribution in [0.1, 0.15) is 117 Å². The highest BCUT2D eigenvalue weighted by atomic mass is 32.2. The zero-order chi connectivity index (χ0) is 44.2. The van der Waals surface area contributed by atoms with Crippen LogP contribution in [0.2, 0.25) is 0 Å². The first kappa shape index (κ1) is 42.4. The lowest BCUT2D eigenvalue weighted by Gasteiger charge is -2.56. The number of H-pyrrole nitrogens is 1. The number of aliphatic hydroxyl groups is 1. The lowest BCUT2D eigenvalue weighted by atomic mass is 9.59. The van der Waals surface area contributed by atoms with Gasteiger partial charge in [-0.2, -0.15) is 0 Å². The number of anilines is 2. The van der Waals surface area contributed by atoms with Crippen LogP contribution in [-0.4, -0.2) is 82.0 Å². The molecule has 15 nitrogen and oxygen atoms in total. The molecule has 2 aliphatic heterocycles. The maximum Gasteiger partial charge on any atom is 0.312 e. The second-order valence-corrected chi connectivity index (χ2v) is 21.0. The van der Waals surface area contributed by atoms with Crippen LogP contribution in [0.25, 0.3) is 11.0 Å². The Morgan fingerprint density at radius 1 is 0.953 bits per heavy atom. The smallest absolute Gasteiger partial charge is 0.312 e. The minimum atomic E-state index is -4.62. The van der Waals surface area contributed by atoms with Crippen molar-refractivity contribution >= 4 is 44.2 Å². The number of ether oxygens (including phenoxy) is 1. The lowest BCUT2D eigenvalue weighted by Crippen LogP contribution is -2.54. The van der Waals surface area contributed by atoms with E-state index in [1.165, 1.54) is 51.3 Å². The monoisotopic (exact) mass is 888 g/mol. The summed E-state index contributed by atoms with van der Waals surface area (Å²) < 4.78 is 35.8. The molecule has 1 amide bonds. The molecule has 336 valence electrons. The summed E-state index contributed by atoms with van der Waals surface area (Å²) in [6, 6.07) is 20.0. The highest BCUT2D eigenvalue weighted by molar-refractivity contribution is 7.90. The average molecular weight is 889 g/mol. The molecule has 16 heteroatoms. The molecule has 64 heavy (non-hydrogen) atoms. The number of pyridine rings is 2. The van der Waals surface area contributed by atoms with Crippen molar-refractivity contribution in [2.24, 2.45) is 11.3 Å². The van der Waals surface area contributed by atoms with Crippen molar-refractivity contribution in [2.75, 3.05) is 36.4 Å². The van der Waals surface area contributed by atoms with Crippen LogP contribution in [0.15, 0.2) is 84.1 Å². The number of nitrogens with one attached hydrogen (secondary N) is 3. The summed E-state index contributed by atoms with van der Waals surface area (Å²) in [4.78, 5) is 41.6.